The fourth-order valence-electron chi connectivity index (χ4n) is 5.18. The summed E-state index contributed by atoms with van der Waals surface area (Å²) in [4.78, 5) is 38.7. The van der Waals surface area contributed by atoms with Crippen LogP contribution in [0.25, 0.3) is 21.9 Å². The average Bonchev–Trinajstić information content (AvgIpc) is 3.37. The highest BCUT2D eigenvalue weighted by Crippen LogP contribution is 2.31. The number of rotatable bonds is 8. The Balaban J connectivity index is 1.66. The monoisotopic (exact) mass is 473 g/mol. The number of amides is 1. The summed E-state index contributed by atoms with van der Waals surface area (Å²) in [7, 11) is 0. The Labute approximate surface area is 205 Å². The van der Waals surface area contributed by atoms with E-state index in [1.807, 2.05) is 56.3 Å². The molecule has 1 fully saturated rings. The number of carboxylic acids is 2. The minimum absolute atomic E-state index is 0.0654. The van der Waals surface area contributed by atoms with Crippen LogP contribution in [0.4, 0.5) is 0 Å². The molecule has 1 aliphatic carbocycles. The van der Waals surface area contributed by atoms with Crippen molar-refractivity contribution in [2.45, 2.75) is 52.1 Å². The molecule has 0 unspecified atom stereocenters. The lowest BCUT2D eigenvalue weighted by atomic mass is 9.95. The van der Waals surface area contributed by atoms with Crippen molar-refractivity contribution in [3.8, 4) is 11.1 Å². The number of benzene rings is 3. The quantitative estimate of drug-likeness (QED) is 0.429. The van der Waals surface area contributed by atoms with Gasteiger partial charge in [-0.15, -0.1) is 0 Å². The van der Waals surface area contributed by atoms with Gasteiger partial charge in [0, 0.05) is 12.5 Å². The summed E-state index contributed by atoms with van der Waals surface area (Å²) in [5.41, 5.74) is 2.58. The Morgan fingerprint density at radius 1 is 0.914 bits per heavy atom. The first kappa shape index (κ1) is 24.5. The maximum atomic E-state index is 13.4. The number of carboxylic acid groups (broad SMARTS) is 2. The lowest BCUT2D eigenvalue weighted by molar-refractivity contribution is -0.154. The third kappa shape index (κ3) is 5.21. The number of carbonyl (C=O) groups excluding carboxylic acids is 1. The van der Waals surface area contributed by atoms with Gasteiger partial charge in [-0.05, 0) is 64.4 Å². The second-order valence-corrected chi connectivity index (χ2v) is 9.72. The SMILES string of the molecule is CC(C)[C@@H](C(=O)O)N(Cc1ccc2cc(-c3ccccc3C(=O)O)ccc2c1)C(=O)C1CCCC1. The number of nitrogens with zero attached hydrogens (tertiary/aromatic N) is 1. The van der Waals surface area contributed by atoms with E-state index in [9.17, 15) is 24.6 Å². The lowest BCUT2D eigenvalue weighted by Crippen LogP contribution is -2.49. The third-order valence-electron chi connectivity index (χ3n) is 6.93. The van der Waals surface area contributed by atoms with Crippen LogP contribution in [-0.4, -0.2) is 39.0 Å². The standard InChI is InChI=1S/C29H31NO5/c1-18(2)26(29(34)35)30(27(31)20-7-3-4-8-20)17-19-11-12-22-16-23(14-13-21(22)15-19)24-9-5-6-10-25(24)28(32)33/h5-6,9-16,18,20,26H,3-4,7-8,17H2,1-2H3,(H,32,33)(H,34,35)/t26-/m0/s1. The molecule has 1 amide bonds. The number of carbonyl (C=O) groups is 3. The van der Waals surface area contributed by atoms with Crippen molar-refractivity contribution in [3.05, 3.63) is 71.8 Å². The molecule has 0 bridgehead atoms. The van der Waals surface area contributed by atoms with Gasteiger partial charge in [0.2, 0.25) is 5.91 Å². The van der Waals surface area contributed by atoms with Gasteiger partial charge in [-0.3, -0.25) is 4.79 Å². The van der Waals surface area contributed by atoms with E-state index < -0.39 is 18.0 Å². The number of fused-ring (bicyclic) bond motifs is 1. The smallest absolute Gasteiger partial charge is 0.336 e. The van der Waals surface area contributed by atoms with Crippen molar-refractivity contribution < 1.29 is 24.6 Å². The topological polar surface area (TPSA) is 94.9 Å². The summed E-state index contributed by atoms with van der Waals surface area (Å²) in [5, 5.41) is 21.3. The van der Waals surface area contributed by atoms with Gasteiger partial charge in [-0.25, -0.2) is 9.59 Å². The Morgan fingerprint density at radius 3 is 2.23 bits per heavy atom. The van der Waals surface area contributed by atoms with E-state index in [1.54, 1.807) is 23.1 Å². The van der Waals surface area contributed by atoms with Crippen LogP contribution < -0.4 is 0 Å². The Morgan fingerprint density at radius 2 is 1.57 bits per heavy atom. The summed E-state index contributed by atoms with van der Waals surface area (Å²) in [6.45, 7) is 3.92. The molecule has 0 radical (unpaired) electrons. The van der Waals surface area contributed by atoms with Gasteiger partial charge in [0.1, 0.15) is 6.04 Å². The molecule has 3 aromatic carbocycles. The van der Waals surface area contributed by atoms with Crippen molar-refractivity contribution in [1.29, 1.82) is 0 Å². The molecule has 0 saturated heterocycles. The fraction of sp³-hybridized carbons (Fsp3) is 0.345. The van der Waals surface area contributed by atoms with Crippen LogP contribution in [0.2, 0.25) is 0 Å². The zero-order chi connectivity index (χ0) is 25.1. The van der Waals surface area contributed by atoms with Gasteiger partial charge in [0.05, 0.1) is 5.56 Å². The molecular formula is C29H31NO5. The number of aromatic carboxylic acids is 1. The van der Waals surface area contributed by atoms with Gasteiger partial charge in [-0.1, -0.05) is 69.2 Å². The molecule has 182 valence electrons. The maximum absolute atomic E-state index is 13.4. The molecule has 0 spiro atoms. The zero-order valence-electron chi connectivity index (χ0n) is 20.1. The molecule has 1 atom stereocenters. The zero-order valence-corrected chi connectivity index (χ0v) is 20.1. The minimum atomic E-state index is -0.978. The van der Waals surface area contributed by atoms with Crippen LogP contribution in [-0.2, 0) is 16.1 Å². The van der Waals surface area contributed by atoms with Crippen molar-refractivity contribution in [2.75, 3.05) is 0 Å². The molecule has 35 heavy (non-hydrogen) atoms. The Hall–Kier alpha value is -3.67. The van der Waals surface area contributed by atoms with E-state index in [4.69, 9.17) is 0 Å². The molecule has 0 aliphatic heterocycles. The van der Waals surface area contributed by atoms with E-state index in [-0.39, 0.29) is 29.9 Å². The molecule has 6 heteroatoms. The number of aliphatic carboxylic acids is 1. The largest absolute Gasteiger partial charge is 0.480 e. The van der Waals surface area contributed by atoms with Crippen molar-refractivity contribution in [3.63, 3.8) is 0 Å². The fourth-order valence-corrected chi connectivity index (χ4v) is 5.18. The molecule has 4 rings (SSSR count). The van der Waals surface area contributed by atoms with E-state index in [0.717, 1.165) is 47.6 Å². The highest BCUT2D eigenvalue weighted by Gasteiger charge is 2.36. The van der Waals surface area contributed by atoms with Crippen LogP contribution in [0.3, 0.4) is 0 Å². The summed E-state index contributed by atoms with van der Waals surface area (Å²) in [5.74, 6) is -2.33. The van der Waals surface area contributed by atoms with E-state index >= 15 is 0 Å². The van der Waals surface area contributed by atoms with E-state index in [2.05, 4.69) is 0 Å². The normalized spacial score (nSPS) is 14.8. The maximum Gasteiger partial charge on any atom is 0.336 e. The van der Waals surface area contributed by atoms with Gasteiger partial charge in [-0.2, -0.15) is 0 Å². The van der Waals surface area contributed by atoms with Crippen LogP contribution in [0.5, 0.6) is 0 Å². The molecule has 0 aromatic heterocycles. The summed E-state index contributed by atoms with van der Waals surface area (Å²) in [6, 6.07) is 17.7. The first-order valence-corrected chi connectivity index (χ1v) is 12.1. The van der Waals surface area contributed by atoms with Crippen LogP contribution in [0, 0.1) is 11.8 Å². The highest BCUT2D eigenvalue weighted by molar-refractivity contribution is 5.98. The number of hydrogen-bond donors (Lipinski definition) is 2. The van der Waals surface area contributed by atoms with Gasteiger partial charge < -0.3 is 15.1 Å². The highest BCUT2D eigenvalue weighted by atomic mass is 16.4. The van der Waals surface area contributed by atoms with Gasteiger partial charge >= 0.3 is 11.9 Å². The first-order chi connectivity index (χ1) is 16.8. The summed E-state index contributed by atoms with van der Waals surface area (Å²) >= 11 is 0. The Kier molecular flexibility index (Phi) is 7.20. The minimum Gasteiger partial charge on any atom is -0.480 e. The summed E-state index contributed by atoms with van der Waals surface area (Å²) < 4.78 is 0. The van der Waals surface area contributed by atoms with E-state index in [1.165, 1.54) is 0 Å². The first-order valence-electron chi connectivity index (χ1n) is 12.1. The molecule has 3 aromatic rings. The van der Waals surface area contributed by atoms with Crippen molar-refractivity contribution >= 4 is 28.6 Å². The molecule has 6 nitrogen and oxygen atoms in total. The van der Waals surface area contributed by atoms with Crippen LogP contribution in [0.1, 0.15) is 55.5 Å². The van der Waals surface area contributed by atoms with Crippen molar-refractivity contribution in [2.24, 2.45) is 11.8 Å². The van der Waals surface area contributed by atoms with Crippen LogP contribution >= 0.6 is 0 Å². The third-order valence-corrected chi connectivity index (χ3v) is 6.93. The van der Waals surface area contributed by atoms with E-state index in [0.29, 0.717) is 5.56 Å². The molecular weight excluding hydrogens is 442 g/mol. The molecule has 0 heterocycles. The predicted octanol–water partition coefficient (Wildman–Crippen LogP) is 5.83. The predicted molar refractivity (Wildman–Crippen MR) is 135 cm³/mol. The number of hydrogen-bond acceptors (Lipinski definition) is 3. The molecule has 1 saturated carbocycles. The Bertz CT molecular complexity index is 1260. The lowest BCUT2D eigenvalue weighted by Gasteiger charge is -2.33. The van der Waals surface area contributed by atoms with Crippen molar-refractivity contribution in [1.82, 2.24) is 4.90 Å². The molecule has 1 aliphatic rings. The molecule has 2 N–H and O–H groups in total. The second-order valence-electron chi connectivity index (χ2n) is 9.72. The van der Waals surface area contributed by atoms with Gasteiger partial charge in [0.25, 0.3) is 0 Å². The average molecular weight is 474 g/mol. The summed E-state index contributed by atoms with van der Waals surface area (Å²) in [6.07, 6.45) is 3.65. The van der Waals surface area contributed by atoms with Crippen LogP contribution in [0.15, 0.2) is 60.7 Å². The second kappa shape index (κ2) is 10.3. The van der Waals surface area contributed by atoms with Gasteiger partial charge in [0.15, 0.2) is 0 Å².